The molecule has 0 fully saturated rings. The van der Waals surface area contributed by atoms with Crippen LogP contribution in [-0.2, 0) is 9.59 Å². The number of rotatable bonds is 5. The average Bonchev–Trinajstić information content (AvgIpc) is 2.22. The van der Waals surface area contributed by atoms with Crippen molar-refractivity contribution in [3.05, 3.63) is 0 Å². The van der Waals surface area contributed by atoms with Crippen molar-refractivity contribution in [2.24, 2.45) is 11.1 Å². The molecule has 5 nitrogen and oxygen atoms in total. The van der Waals surface area contributed by atoms with Crippen molar-refractivity contribution < 1.29 is 14.7 Å². The number of carbonyl (C=O) groups excluding carboxylic acids is 1. The van der Waals surface area contributed by atoms with Crippen LogP contribution < -0.4 is 11.1 Å². The summed E-state index contributed by atoms with van der Waals surface area (Å²) in [6, 6.07) is -0.723. The number of hydrogen-bond donors (Lipinski definition) is 3. The highest BCUT2D eigenvalue weighted by Gasteiger charge is 2.39. The molecule has 0 spiro atoms. The molecule has 0 saturated carbocycles. The Labute approximate surface area is 103 Å². The number of hydrogen-bond acceptors (Lipinski definition) is 3. The summed E-state index contributed by atoms with van der Waals surface area (Å²) in [5.41, 5.74) is 4.20. The van der Waals surface area contributed by atoms with Crippen LogP contribution in [0.1, 0.15) is 47.5 Å². The van der Waals surface area contributed by atoms with Crippen molar-refractivity contribution in [1.29, 1.82) is 0 Å². The van der Waals surface area contributed by atoms with Gasteiger partial charge in [0, 0.05) is 0 Å². The van der Waals surface area contributed by atoms with Gasteiger partial charge in [-0.2, -0.15) is 0 Å². The van der Waals surface area contributed by atoms with E-state index >= 15 is 0 Å². The van der Waals surface area contributed by atoms with E-state index in [4.69, 9.17) is 5.73 Å². The van der Waals surface area contributed by atoms with Gasteiger partial charge in [0.05, 0.1) is 6.04 Å². The van der Waals surface area contributed by atoms with Gasteiger partial charge in [0.15, 0.2) is 0 Å². The Kier molecular flexibility index (Phi) is 5.13. The highest BCUT2D eigenvalue weighted by Crippen LogP contribution is 2.20. The molecule has 0 aromatic carbocycles. The maximum atomic E-state index is 11.9. The number of carbonyl (C=O) groups is 2. The van der Waals surface area contributed by atoms with Crippen molar-refractivity contribution in [2.45, 2.75) is 59.0 Å². The molecule has 4 N–H and O–H groups in total. The highest BCUT2D eigenvalue weighted by atomic mass is 16.4. The summed E-state index contributed by atoms with van der Waals surface area (Å²) >= 11 is 0. The van der Waals surface area contributed by atoms with Crippen LogP contribution in [0.2, 0.25) is 0 Å². The van der Waals surface area contributed by atoms with Crippen molar-refractivity contribution in [2.75, 3.05) is 0 Å². The number of carboxylic acid groups (broad SMARTS) is 1. The van der Waals surface area contributed by atoms with E-state index in [0.717, 1.165) is 0 Å². The topological polar surface area (TPSA) is 92.4 Å². The van der Waals surface area contributed by atoms with E-state index in [1.165, 1.54) is 0 Å². The Bertz CT molecular complexity index is 291. The van der Waals surface area contributed by atoms with Crippen LogP contribution >= 0.6 is 0 Å². The molecule has 0 aromatic rings. The molecule has 0 aliphatic carbocycles. The Morgan fingerprint density at radius 3 is 1.88 bits per heavy atom. The van der Waals surface area contributed by atoms with Gasteiger partial charge in [0.25, 0.3) is 0 Å². The number of carboxylic acids is 1. The molecule has 17 heavy (non-hydrogen) atoms. The molecule has 0 aliphatic heterocycles. The van der Waals surface area contributed by atoms with Crippen molar-refractivity contribution in [3.63, 3.8) is 0 Å². The fourth-order valence-electron chi connectivity index (χ4n) is 1.49. The molecule has 1 amide bonds. The fraction of sp³-hybridized carbons (Fsp3) is 0.833. The summed E-state index contributed by atoms with van der Waals surface area (Å²) in [6.45, 7) is 9.01. The SMILES string of the molecule is CCC(CC)(NC(=O)C(N)C(C)(C)C)C(=O)O. The van der Waals surface area contributed by atoms with Crippen LogP contribution in [0.5, 0.6) is 0 Å². The maximum absolute atomic E-state index is 11.9. The summed E-state index contributed by atoms with van der Waals surface area (Å²) in [5, 5.41) is 11.8. The van der Waals surface area contributed by atoms with E-state index in [1.54, 1.807) is 13.8 Å². The highest BCUT2D eigenvalue weighted by molar-refractivity contribution is 5.89. The third kappa shape index (κ3) is 3.70. The van der Waals surface area contributed by atoms with Crippen molar-refractivity contribution in [3.8, 4) is 0 Å². The summed E-state index contributed by atoms with van der Waals surface area (Å²) < 4.78 is 0. The molecular formula is C12H24N2O3. The second-order valence-electron chi connectivity index (χ2n) is 5.43. The van der Waals surface area contributed by atoms with E-state index in [0.29, 0.717) is 12.8 Å². The van der Waals surface area contributed by atoms with Gasteiger partial charge in [-0.25, -0.2) is 4.79 Å². The van der Waals surface area contributed by atoms with Gasteiger partial charge in [-0.05, 0) is 18.3 Å². The minimum Gasteiger partial charge on any atom is -0.480 e. The first-order valence-corrected chi connectivity index (χ1v) is 5.91. The monoisotopic (exact) mass is 244 g/mol. The zero-order valence-electron chi connectivity index (χ0n) is 11.3. The molecule has 0 aromatic heterocycles. The second-order valence-corrected chi connectivity index (χ2v) is 5.43. The summed E-state index contributed by atoms with van der Waals surface area (Å²) in [7, 11) is 0. The van der Waals surface area contributed by atoms with Crippen LogP contribution in [0.15, 0.2) is 0 Å². The first-order chi connectivity index (χ1) is 7.60. The van der Waals surface area contributed by atoms with E-state index in [2.05, 4.69) is 5.32 Å². The second kappa shape index (κ2) is 5.49. The predicted molar refractivity (Wildman–Crippen MR) is 66.5 cm³/mol. The van der Waals surface area contributed by atoms with Gasteiger partial charge in [0.1, 0.15) is 5.54 Å². The molecule has 0 rings (SSSR count). The molecule has 0 aliphatic rings. The first-order valence-electron chi connectivity index (χ1n) is 5.91. The first kappa shape index (κ1) is 15.9. The number of amides is 1. The quantitative estimate of drug-likeness (QED) is 0.675. The third-order valence-corrected chi connectivity index (χ3v) is 3.19. The Hall–Kier alpha value is -1.10. The van der Waals surface area contributed by atoms with E-state index in [1.807, 2.05) is 20.8 Å². The van der Waals surface area contributed by atoms with Gasteiger partial charge >= 0.3 is 5.97 Å². The minimum atomic E-state index is -1.21. The van der Waals surface area contributed by atoms with Gasteiger partial charge in [0.2, 0.25) is 5.91 Å². The molecule has 5 heteroatoms. The van der Waals surface area contributed by atoms with Crippen molar-refractivity contribution in [1.82, 2.24) is 5.32 Å². The van der Waals surface area contributed by atoms with Crippen LogP contribution in [0.3, 0.4) is 0 Å². The molecule has 1 atom stereocenters. The van der Waals surface area contributed by atoms with Gasteiger partial charge in [-0.1, -0.05) is 34.6 Å². The largest absolute Gasteiger partial charge is 0.480 e. The summed E-state index contributed by atoms with van der Waals surface area (Å²) in [4.78, 5) is 23.2. The molecule has 0 bridgehead atoms. The fourth-order valence-corrected chi connectivity index (χ4v) is 1.49. The predicted octanol–water partition coefficient (Wildman–Crippen LogP) is 1.12. The minimum absolute atomic E-state index is 0.335. The molecule has 0 heterocycles. The van der Waals surface area contributed by atoms with E-state index in [-0.39, 0.29) is 0 Å². The Morgan fingerprint density at radius 1 is 1.24 bits per heavy atom. The van der Waals surface area contributed by atoms with E-state index in [9.17, 15) is 14.7 Å². The Balaban J connectivity index is 4.92. The smallest absolute Gasteiger partial charge is 0.329 e. The lowest BCUT2D eigenvalue weighted by atomic mass is 9.85. The summed E-state index contributed by atoms with van der Waals surface area (Å²) in [6.07, 6.45) is 0.670. The van der Waals surface area contributed by atoms with Crippen LogP contribution in [-0.4, -0.2) is 28.6 Å². The Morgan fingerprint density at radius 2 is 1.65 bits per heavy atom. The lowest BCUT2D eigenvalue weighted by molar-refractivity contribution is -0.148. The molecule has 0 radical (unpaired) electrons. The zero-order valence-corrected chi connectivity index (χ0v) is 11.3. The number of nitrogens with two attached hydrogens (primary N) is 1. The molecule has 100 valence electrons. The molecular weight excluding hydrogens is 220 g/mol. The lowest BCUT2D eigenvalue weighted by Crippen LogP contribution is -2.59. The van der Waals surface area contributed by atoms with Gasteiger partial charge < -0.3 is 16.2 Å². The van der Waals surface area contributed by atoms with Crippen LogP contribution in [0.4, 0.5) is 0 Å². The number of nitrogens with one attached hydrogen (secondary N) is 1. The zero-order chi connectivity index (χ0) is 13.9. The standard InChI is InChI=1S/C12H24N2O3/c1-6-12(7-2,10(16)17)14-9(15)8(13)11(3,4)5/h8H,6-7,13H2,1-5H3,(H,14,15)(H,16,17). The van der Waals surface area contributed by atoms with Crippen LogP contribution in [0.25, 0.3) is 0 Å². The van der Waals surface area contributed by atoms with Gasteiger partial charge in [-0.3, -0.25) is 4.79 Å². The van der Waals surface area contributed by atoms with Gasteiger partial charge in [-0.15, -0.1) is 0 Å². The van der Waals surface area contributed by atoms with E-state index < -0.39 is 28.9 Å². The number of aliphatic carboxylic acids is 1. The average molecular weight is 244 g/mol. The van der Waals surface area contributed by atoms with Crippen molar-refractivity contribution >= 4 is 11.9 Å². The maximum Gasteiger partial charge on any atom is 0.329 e. The lowest BCUT2D eigenvalue weighted by Gasteiger charge is -2.33. The summed E-state index contributed by atoms with van der Waals surface area (Å²) in [5.74, 6) is -1.43. The normalized spacial score (nSPS) is 14.2. The third-order valence-electron chi connectivity index (χ3n) is 3.19. The molecule has 0 saturated heterocycles. The van der Waals surface area contributed by atoms with Crippen LogP contribution in [0, 0.1) is 5.41 Å². The molecule has 1 unspecified atom stereocenters.